The molecule has 0 aliphatic carbocycles. The second-order valence-corrected chi connectivity index (χ2v) is 7.57. The molecule has 8 heteroatoms. The van der Waals surface area contributed by atoms with E-state index in [0.29, 0.717) is 25.3 Å². The minimum absolute atomic E-state index is 0.0864. The smallest absolute Gasteiger partial charge is 0.148 e. The Hall–Kier alpha value is -1.12. The van der Waals surface area contributed by atoms with Crippen molar-refractivity contribution in [1.29, 1.82) is 0 Å². The highest BCUT2D eigenvalue weighted by molar-refractivity contribution is 7.90. The van der Waals surface area contributed by atoms with Crippen LogP contribution in [0.3, 0.4) is 0 Å². The van der Waals surface area contributed by atoms with Crippen LogP contribution in [0.2, 0.25) is 0 Å². The van der Waals surface area contributed by atoms with Gasteiger partial charge in [-0.3, -0.25) is 4.68 Å². The van der Waals surface area contributed by atoms with Crippen molar-refractivity contribution in [2.24, 2.45) is 0 Å². The maximum atomic E-state index is 11.1. The summed E-state index contributed by atoms with van der Waals surface area (Å²) >= 11 is 0. The van der Waals surface area contributed by atoms with Crippen LogP contribution >= 0.6 is 0 Å². The summed E-state index contributed by atoms with van der Waals surface area (Å²) in [7, 11) is -1.20. The second-order valence-electron chi connectivity index (χ2n) is 5.31. The molecule has 1 rings (SSSR count). The van der Waals surface area contributed by atoms with Crippen molar-refractivity contribution in [3.05, 3.63) is 11.4 Å². The van der Waals surface area contributed by atoms with Crippen LogP contribution in [0.15, 0.2) is 0 Å². The number of aromatic nitrogens is 2. The van der Waals surface area contributed by atoms with E-state index in [9.17, 15) is 13.5 Å². The molecule has 1 atom stereocenters. The largest absolute Gasteiger partial charge is 0.396 e. The van der Waals surface area contributed by atoms with Gasteiger partial charge in [-0.05, 0) is 20.9 Å². The Kier molecular flexibility index (Phi) is 5.55. The molecule has 1 aromatic rings. The van der Waals surface area contributed by atoms with Gasteiger partial charge < -0.3 is 15.7 Å². The van der Waals surface area contributed by atoms with Crippen molar-refractivity contribution in [1.82, 2.24) is 14.7 Å². The van der Waals surface area contributed by atoms with Crippen LogP contribution in [0.5, 0.6) is 0 Å². The average Bonchev–Trinajstić information content (AvgIpc) is 2.53. The fraction of sp³-hybridized carbons (Fsp3) is 0.750. The van der Waals surface area contributed by atoms with Crippen LogP contribution in [0.25, 0.3) is 0 Å². The maximum absolute atomic E-state index is 11.1. The molecule has 7 nitrogen and oxygen atoms in total. The summed E-state index contributed by atoms with van der Waals surface area (Å²) in [6.07, 6.45) is 0.576. The highest BCUT2D eigenvalue weighted by Gasteiger charge is 2.14. The molecule has 0 aliphatic rings. The number of rotatable bonds is 7. The highest BCUT2D eigenvalue weighted by atomic mass is 32.2. The van der Waals surface area contributed by atoms with Crippen LogP contribution in [-0.4, -0.2) is 66.5 Å². The van der Waals surface area contributed by atoms with E-state index in [-0.39, 0.29) is 5.75 Å². The summed E-state index contributed by atoms with van der Waals surface area (Å²) in [5.41, 5.74) is 8.06. The zero-order valence-electron chi connectivity index (χ0n) is 12.5. The lowest BCUT2D eigenvalue weighted by Gasteiger charge is -2.20. The van der Waals surface area contributed by atoms with Crippen LogP contribution in [0.1, 0.15) is 11.4 Å². The molecule has 0 spiro atoms. The van der Waals surface area contributed by atoms with E-state index in [0.717, 1.165) is 11.4 Å². The molecule has 0 fully saturated rings. The van der Waals surface area contributed by atoms with E-state index in [1.807, 2.05) is 13.8 Å². The first-order valence-electron chi connectivity index (χ1n) is 6.44. The van der Waals surface area contributed by atoms with Crippen LogP contribution in [0, 0.1) is 13.8 Å². The van der Waals surface area contributed by atoms with Gasteiger partial charge >= 0.3 is 0 Å². The summed E-state index contributed by atoms with van der Waals surface area (Å²) < 4.78 is 23.8. The zero-order chi connectivity index (χ0) is 15.5. The molecule has 1 unspecified atom stereocenters. The number of anilines is 1. The highest BCUT2D eigenvalue weighted by Crippen LogP contribution is 2.15. The monoisotopic (exact) mass is 304 g/mol. The summed E-state index contributed by atoms with van der Waals surface area (Å²) in [6, 6.07) is 0. The standard InChI is InChI=1S/C12H24N4O3S/c1-9-12(13)10(2)16(14-9)8-11(17)7-15(3)5-6-20(4,18)19/h11,17H,5-8,13H2,1-4H3. The van der Waals surface area contributed by atoms with E-state index >= 15 is 0 Å². The molecule has 20 heavy (non-hydrogen) atoms. The number of hydrogen-bond donors (Lipinski definition) is 2. The molecule has 0 aliphatic heterocycles. The van der Waals surface area contributed by atoms with E-state index in [2.05, 4.69) is 5.10 Å². The topological polar surface area (TPSA) is 101 Å². The molecule has 1 heterocycles. The van der Waals surface area contributed by atoms with Gasteiger partial charge in [-0.2, -0.15) is 5.10 Å². The van der Waals surface area contributed by atoms with Gasteiger partial charge in [0, 0.05) is 19.3 Å². The number of nitrogens with zero attached hydrogens (tertiary/aromatic N) is 3. The molecule has 116 valence electrons. The van der Waals surface area contributed by atoms with Gasteiger partial charge in [0.25, 0.3) is 0 Å². The molecule has 0 saturated carbocycles. The third-order valence-corrected chi connectivity index (χ3v) is 4.11. The van der Waals surface area contributed by atoms with Gasteiger partial charge in [0.2, 0.25) is 0 Å². The number of sulfone groups is 1. The van der Waals surface area contributed by atoms with Crippen molar-refractivity contribution in [2.45, 2.75) is 26.5 Å². The third-order valence-electron chi connectivity index (χ3n) is 3.19. The first kappa shape index (κ1) is 16.9. The number of hydrogen-bond acceptors (Lipinski definition) is 6. The third kappa shape index (κ3) is 5.10. The molecule has 0 amide bonds. The van der Waals surface area contributed by atoms with Crippen LogP contribution < -0.4 is 5.73 Å². The minimum atomic E-state index is -2.98. The zero-order valence-corrected chi connectivity index (χ0v) is 13.3. The number of aryl methyl sites for hydroxylation is 1. The second kappa shape index (κ2) is 6.55. The first-order chi connectivity index (χ1) is 9.10. The summed E-state index contributed by atoms with van der Waals surface area (Å²) in [6.45, 7) is 4.80. The Morgan fingerprint density at radius 2 is 2.05 bits per heavy atom. The van der Waals surface area contributed by atoms with Gasteiger partial charge in [-0.1, -0.05) is 0 Å². The SMILES string of the molecule is Cc1nn(CC(O)CN(C)CCS(C)(=O)=O)c(C)c1N. The van der Waals surface area contributed by atoms with Crippen molar-refractivity contribution in [3.8, 4) is 0 Å². The minimum Gasteiger partial charge on any atom is -0.396 e. The van der Waals surface area contributed by atoms with E-state index in [4.69, 9.17) is 5.73 Å². The van der Waals surface area contributed by atoms with Crippen LogP contribution in [-0.2, 0) is 16.4 Å². The van der Waals surface area contributed by atoms with Gasteiger partial charge in [-0.25, -0.2) is 8.42 Å². The number of aliphatic hydroxyl groups is 1. The molecule has 0 radical (unpaired) electrons. The number of nitrogens with two attached hydrogens (primary N) is 1. The summed E-state index contributed by atoms with van der Waals surface area (Å²) in [5.74, 6) is 0.0864. The average molecular weight is 304 g/mol. The number of aliphatic hydroxyl groups excluding tert-OH is 1. The normalized spacial score (nSPS) is 13.9. The predicted octanol–water partition coefficient (Wildman–Crippen LogP) is -0.581. The Labute approximate surface area is 120 Å². The molecule has 0 aromatic carbocycles. The van der Waals surface area contributed by atoms with Gasteiger partial charge in [0.05, 0.1) is 35.5 Å². The Morgan fingerprint density at radius 3 is 2.50 bits per heavy atom. The van der Waals surface area contributed by atoms with Crippen molar-refractivity contribution >= 4 is 15.5 Å². The Morgan fingerprint density at radius 1 is 1.45 bits per heavy atom. The van der Waals surface area contributed by atoms with Gasteiger partial charge in [0.1, 0.15) is 9.84 Å². The van der Waals surface area contributed by atoms with Crippen LogP contribution in [0.4, 0.5) is 5.69 Å². The lowest BCUT2D eigenvalue weighted by Crippen LogP contribution is -2.35. The maximum Gasteiger partial charge on any atom is 0.148 e. The fourth-order valence-electron chi connectivity index (χ4n) is 1.92. The first-order valence-corrected chi connectivity index (χ1v) is 8.50. The summed E-state index contributed by atoms with van der Waals surface area (Å²) in [5, 5.41) is 14.3. The molecule has 3 N–H and O–H groups in total. The van der Waals surface area contributed by atoms with E-state index in [1.165, 1.54) is 6.26 Å². The van der Waals surface area contributed by atoms with Gasteiger partial charge in [0.15, 0.2) is 0 Å². The fourth-order valence-corrected chi connectivity index (χ4v) is 2.56. The number of nitrogen functional groups attached to an aromatic ring is 1. The summed E-state index contributed by atoms with van der Waals surface area (Å²) in [4.78, 5) is 1.79. The Balaban J connectivity index is 2.51. The number of likely N-dealkylation sites (N-methyl/N-ethyl adjacent to an activating group) is 1. The molecular formula is C12H24N4O3S. The predicted molar refractivity (Wildman–Crippen MR) is 79.3 cm³/mol. The van der Waals surface area contributed by atoms with Crippen molar-refractivity contribution in [2.75, 3.05) is 37.9 Å². The van der Waals surface area contributed by atoms with Crippen molar-refractivity contribution < 1.29 is 13.5 Å². The van der Waals surface area contributed by atoms with E-state index in [1.54, 1.807) is 16.6 Å². The van der Waals surface area contributed by atoms with E-state index < -0.39 is 15.9 Å². The lowest BCUT2D eigenvalue weighted by molar-refractivity contribution is 0.108. The lowest BCUT2D eigenvalue weighted by atomic mass is 10.3. The Bertz CT molecular complexity index is 553. The molecule has 1 aromatic heterocycles. The molecule has 0 saturated heterocycles. The van der Waals surface area contributed by atoms with Gasteiger partial charge in [-0.15, -0.1) is 0 Å². The quantitative estimate of drug-likeness (QED) is 0.699. The van der Waals surface area contributed by atoms with Crippen molar-refractivity contribution in [3.63, 3.8) is 0 Å². The molecular weight excluding hydrogens is 280 g/mol. The molecule has 0 bridgehead atoms.